The van der Waals surface area contributed by atoms with E-state index in [2.05, 4.69) is 155 Å². The summed E-state index contributed by atoms with van der Waals surface area (Å²) in [5.41, 5.74) is 10.4. The van der Waals surface area contributed by atoms with Gasteiger partial charge in [-0.3, -0.25) is 24.2 Å². The van der Waals surface area contributed by atoms with Crippen LogP contribution in [-0.2, 0) is 38.7 Å². The Balaban J connectivity index is 0.000000157. The third-order valence-corrected chi connectivity index (χ3v) is 15.7. The van der Waals surface area contributed by atoms with Crippen molar-refractivity contribution < 1.29 is 20.6 Å². The van der Waals surface area contributed by atoms with Crippen molar-refractivity contribution in [1.29, 1.82) is 0 Å². The van der Waals surface area contributed by atoms with Gasteiger partial charge < -0.3 is 24.8 Å². The second kappa shape index (κ2) is 24.5. The fourth-order valence-electron chi connectivity index (χ4n) is 12.2. The average Bonchev–Trinajstić information content (AvgIpc) is 3.99. The average molecular weight is 971 g/mol. The molecule has 6 aliphatic rings. The van der Waals surface area contributed by atoms with Crippen LogP contribution in [0.15, 0.2) is 140 Å². The lowest BCUT2D eigenvalue weighted by molar-refractivity contribution is -0.120. The number of rotatable bonds is 8. The molecular weight excluding hydrogens is 893 g/mol. The molecule has 380 valence electrons. The number of carbonyl (C=O) groups excluding carboxylic acids is 4. The molecule has 1 unspecified atom stereocenters. The summed E-state index contributed by atoms with van der Waals surface area (Å²) in [6, 6.07) is 47.0. The summed E-state index contributed by atoms with van der Waals surface area (Å²) in [4.78, 5) is 58.4. The Kier molecular flexibility index (Phi) is 17.7. The van der Waals surface area contributed by atoms with E-state index in [0.717, 1.165) is 113 Å². The van der Waals surface area contributed by atoms with Crippen molar-refractivity contribution in [1.82, 2.24) is 15.1 Å². The maximum Gasteiger partial charge on any atom is 0.258 e. The van der Waals surface area contributed by atoms with Crippen molar-refractivity contribution in [3.8, 4) is 0 Å². The molecular formula is C62H78N6O4. The molecule has 5 aromatic carbocycles. The van der Waals surface area contributed by atoms with Gasteiger partial charge in [-0.2, -0.15) is 0 Å². The van der Waals surface area contributed by atoms with Crippen LogP contribution in [0.4, 0.5) is 17.1 Å². The first-order valence-corrected chi connectivity index (χ1v) is 26.6. The molecule has 6 heterocycles. The van der Waals surface area contributed by atoms with Gasteiger partial charge >= 0.3 is 0 Å². The predicted octanol–water partition coefficient (Wildman–Crippen LogP) is 10.8. The molecule has 10 nitrogen and oxygen atoms in total. The topological polar surface area (TPSA) is 96.5 Å². The van der Waals surface area contributed by atoms with Crippen molar-refractivity contribution in [2.45, 2.75) is 111 Å². The van der Waals surface area contributed by atoms with Crippen molar-refractivity contribution in [2.24, 2.45) is 17.8 Å². The van der Waals surface area contributed by atoms with Crippen LogP contribution in [0, 0.1) is 17.8 Å². The van der Waals surface area contributed by atoms with E-state index in [1.54, 1.807) is 0 Å². The second-order valence-electron chi connectivity index (χ2n) is 20.6. The Hall–Kier alpha value is -6.20. The van der Waals surface area contributed by atoms with E-state index >= 15 is 0 Å². The maximum atomic E-state index is 13.1. The Morgan fingerprint density at radius 2 is 1.11 bits per heavy atom. The minimum absolute atomic E-state index is 0. The number of nitrogens with zero attached hydrogens (tertiary/aromatic N) is 5. The van der Waals surface area contributed by atoms with Gasteiger partial charge in [-0.1, -0.05) is 149 Å². The molecule has 3 saturated heterocycles. The van der Waals surface area contributed by atoms with E-state index in [1.807, 2.05) is 49.4 Å². The standard InChI is InChI=1S/C23H26N2O.C21H24N2O.C16H22N2O.C2H4O.H2/c1-3-19-20-11-7-8-12-22(20)25(23(19)26)21-13-14-24(15-17(21)2)16-18-9-5-4-6-10-18;1-16-14-22(15-17-7-3-2-4-8-17)12-11-19(16)23-20-10-6-5-9-18(20)13-21(23)24;1-3-12-13-6-4-5-7-15(13)18(16(12)19)14-8-9-17-10-11(14)2;1-2-3;/h3-12,17,21H,13-16H2,1-2H3;2-10,16,19H,11-15H2,1H3;4-7,11-12,14,17H,3,8-10H2,1-2H3;2H,1H3;1H/b19-3-;;;;/t17-,21-;16-,19-;11-,12?,14-;;/m111../s1. The number of para-hydroxylation sites is 3. The van der Waals surface area contributed by atoms with Gasteiger partial charge in [0.05, 0.1) is 18.0 Å². The fourth-order valence-corrected chi connectivity index (χ4v) is 12.2. The van der Waals surface area contributed by atoms with Gasteiger partial charge in [0, 0.05) is 81.3 Å². The van der Waals surface area contributed by atoms with E-state index in [9.17, 15) is 14.4 Å². The van der Waals surface area contributed by atoms with E-state index < -0.39 is 0 Å². The summed E-state index contributed by atoms with van der Waals surface area (Å²) in [6.07, 6.45) is 7.28. The van der Waals surface area contributed by atoms with E-state index in [1.165, 1.54) is 29.2 Å². The molecule has 0 aliphatic carbocycles. The van der Waals surface area contributed by atoms with Crippen LogP contribution in [0.3, 0.4) is 0 Å². The quantitative estimate of drug-likeness (QED) is 0.122. The van der Waals surface area contributed by atoms with Crippen molar-refractivity contribution in [2.75, 3.05) is 54.0 Å². The van der Waals surface area contributed by atoms with Crippen LogP contribution in [0.25, 0.3) is 5.57 Å². The molecule has 1 N–H and O–H groups in total. The summed E-state index contributed by atoms with van der Waals surface area (Å²) in [5.74, 6) is 2.26. The highest BCUT2D eigenvalue weighted by molar-refractivity contribution is 6.32. The van der Waals surface area contributed by atoms with Crippen LogP contribution < -0.4 is 20.0 Å². The zero-order valence-corrected chi connectivity index (χ0v) is 43.5. The molecule has 5 aromatic rings. The molecule has 6 aliphatic heterocycles. The third-order valence-electron chi connectivity index (χ3n) is 15.7. The number of allylic oxidation sites excluding steroid dienone is 1. The van der Waals surface area contributed by atoms with Gasteiger partial charge in [0.2, 0.25) is 11.8 Å². The predicted molar refractivity (Wildman–Crippen MR) is 295 cm³/mol. The first kappa shape index (κ1) is 52.1. The number of benzene rings is 5. The number of carbonyl (C=O) groups is 4. The third kappa shape index (κ3) is 11.5. The summed E-state index contributed by atoms with van der Waals surface area (Å²) in [6.45, 7) is 20.5. The Labute approximate surface area is 430 Å². The van der Waals surface area contributed by atoms with Crippen LogP contribution >= 0.6 is 0 Å². The number of piperidine rings is 3. The summed E-state index contributed by atoms with van der Waals surface area (Å²) in [7, 11) is 0. The van der Waals surface area contributed by atoms with Crippen LogP contribution in [0.5, 0.6) is 0 Å². The zero-order valence-electron chi connectivity index (χ0n) is 43.5. The number of amides is 3. The lowest BCUT2D eigenvalue weighted by Crippen LogP contribution is -2.51. The smallest absolute Gasteiger partial charge is 0.258 e. The molecule has 7 atom stereocenters. The van der Waals surface area contributed by atoms with Crippen molar-refractivity contribution in [3.05, 3.63) is 167 Å². The Bertz CT molecular complexity index is 2660. The highest BCUT2D eigenvalue weighted by Gasteiger charge is 2.43. The largest absolute Gasteiger partial charge is 0.316 e. The second-order valence-corrected chi connectivity index (χ2v) is 20.6. The molecule has 0 aromatic heterocycles. The highest BCUT2D eigenvalue weighted by Crippen LogP contribution is 2.43. The van der Waals surface area contributed by atoms with E-state index in [-0.39, 0.29) is 25.2 Å². The van der Waals surface area contributed by atoms with Crippen LogP contribution in [-0.4, -0.2) is 91.2 Å². The van der Waals surface area contributed by atoms with Crippen LogP contribution in [0.2, 0.25) is 0 Å². The molecule has 3 fully saturated rings. The Morgan fingerprint density at radius 1 is 0.597 bits per heavy atom. The summed E-state index contributed by atoms with van der Waals surface area (Å²) < 4.78 is 0. The van der Waals surface area contributed by atoms with Crippen molar-refractivity contribution >= 4 is 46.6 Å². The number of fused-ring (bicyclic) bond motifs is 3. The van der Waals surface area contributed by atoms with Crippen LogP contribution in [0.1, 0.15) is 102 Å². The molecule has 3 amide bonds. The molecule has 0 spiro atoms. The van der Waals surface area contributed by atoms with Gasteiger partial charge in [-0.05, 0) is 111 Å². The number of nitrogens with one attached hydrogen (secondary N) is 1. The summed E-state index contributed by atoms with van der Waals surface area (Å²) in [5, 5.41) is 3.41. The number of likely N-dealkylation sites (tertiary alicyclic amines) is 2. The highest BCUT2D eigenvalue weighted by atomic mass is 16.2. The van der Waals surface area contributed by atoms with Gasteiger partial charge in [-0.25, -0.2) is 0 Å². The number of anilines is 3. The molecule has 72 heavy (non-hydrogen) atoms. The van der Waals surface area contributed by atoms with Crippen molar-refractivity contribution in [3.63, 3.8) is 0 Å². The molecule has 0 radical (unpaired) electrons. The van der Waals surface area contributed by atoms with Gasteiger partial charge in [0.15, 0.2) is 0 Å². The number of hydrogen-bond acceptors (Lipinski definition) is 7. The minimum atomic E-state index is 0. The molecule has 0 saturated carbocycles. The monoisotopic (exact) mass is 971 g/mol. The van der Waals surface area contributed by atoms with Gasteiger partial charge in [0.25, 0.3) is 5.91 Å². The number of hydrogen-bond donors (Lipinski definition) is 1. The summed E-state index contributed by atoms with van der Waals surface area (Å²) >= 11 is 0. The number of aldehydes is 1. The minimum Gasteiger partial charge on any atom is -0.316 e. The SMILES string of the molecule is C/C=C1\C(=O)N([C@@H]2CCN(Cc3ccccc3)C[C@H]2C)c2ccccc21.CC=O.CCC1C(=O)N([C@@H]2CCNC[C@H]2C)c2ccccc21.C[C@@H]1CN(Cc2ccccc2)CC[C@H]1N1C(=O)Cc2ccccc21.[HH]. The van der Waals surface area contributed by atoms with Gasteiger partial charge in [0.1, 0.15) is 6.29 Å². The zero-order chi connectivity index (χ0) is 50.7. The lowest BCUT2D eigenvalue weighted by atomic mass is 9.92. The van der Waals surface area contributed by atoms with Gasteiger partial charge in [-0.15, -0.1) is 0 Å². The fraction of sp³-hybridized carbons (Fsp3) is 0.419. The first-order chi connectivity index (χ1) is 35.1. The molecule has 10 heteroatoms. The normalized spacial score (nSPS) is 25.3. The maximum absolute atomic E-state index is 13.1. The van der Waals surface area contributed by atoms with E-state index in [0.29, 0.717) is 42.2 Å². The molecule has 0 bridgehead atoms. The lowest BCUT2D eigenvalue weighted by Gasteiger charge is -2.41. The van der Waals surface area contributed by atoms with E-state index in [4.69, 9.17) is 4.79 Å². The first-order valence-electron chi connectivity index (χ1n) is 26.6. The Morgan fingerprint density at radius 3 is 1.68 bits per heavy atom. The molecule has 11 rings (SSSR count).